The van der Waals surface area contributed by atoms with Gasteiger partial charge in [0.2, 0.25) is 0 Å². The van der Waals surface area contributed by atoms with Crippen LogP contribution >= 0.6 is 0 Å². The molecule has 56 heavy (non-hydrogen) atoms. The van der Waals surface area contributed by atoms with Crippen molar-refractivity contribution < 1.29 is 0 Å². The zero-order valence-corrected chi connectivity index (χ0v) is 30.7. The Morgan fingerprint density at radius 1 is 0.214 bits per heavy atom. The molecule has 0 radical (unpaired) electrons. The van der Waals surface area contributed by atoms with Gasteiger partial charge in [0.15, 0.2) is 0 Å². The van der Waals surface area contributed by atoms with Crippen LogP contribution in [0, 0.1) is 0 Å². The molecule has 2 heteroatoms. The van der Waals surface area contributed by atoms with Crippen LogP contribution < -0.4 is 9.80 Å². The predicted molar refractivity (Wildman–Crippen MR) is 241 cm³/mol. The Morgan fingerprint density at radius 2 is 0.536 bits per heavy atom. The smallest absolute Gasteiger partial charge is 0.0620 e. The fourth-order valence-electron chi connectivity index (χ4n) is 8.71. The van der Waals surface area contributed by atoms with Crippen LogP contribution in [0.3, 0.4) is 0 Å². The molecule has 11 aromatic carbocycles. The molecule has 0 bridgehead atoms. The molecule has 11 rings (SSSR count). The summed E-state index contributed by atoms with van der Waals surface area (Å²) in [6, 6.07) is 79.8. The highest BCUT2D eigenvalue weighted by atomic mass is 15.2. The molecule has 0 aromatic heterocycles. The quantitative estimate of drug-likeness (QED) is 0.125. The third kappa shape index (κ3) is 5.26. The van der Waals surface area contributed by atoms with Crippen molar-refractivity contribution in [3.63, 3.8) is 0 Å². The zero-order chi connectivity index (χ0) is 37.0. The Labute approximate surface area is 325 Å². The van der Waals surface area contributed by atoms with E-state index in [1.807, 2.05) is 0 Å². The second-order valence-electron chi connectivity index (χ2n) is 14.6. The summed E-state index contributed by atoms with van der Waals surface area (Å²) in [4.78, 5) is 4.98. The van der Waals surface area contributed by atoms with E-state index in [4.69, 9.17) is 0 Å². The van der Waals surface area contributed by atoms with Crippen LogP contribution in [-0.4, -0.2) is 0 Å². The molecule has 0 aliphatic carbocycles. The summed E-state index contributed by atoms with van der Waals surface area (Å²) in [5.74, 6) is 0. The third-order valence-electron chi connectivity index (χ3n) is 11.3. The molecular formula is C54H36N2. The van der Waals surface area contributed by atoms with Gasteiger partial charge in [-0.2, -0.15) is 0 Å². The summed E-state index contributed by atoms with van der Waals surface area (Å²) in [5.41, 5.74) is 6.79. The van der Waals surface area contributed by atoms with Gasteiger partial charge in [-0.1, -0.05) is 176 Å². The second-order valence-corrected chi connectivity index (χ2v) is 14.6. The summed E-state index contributed by atoms with van der Waals surface area (Å²) in [5, 5.41) is 14.4. The lowest BCUT2D eigenvalue weighted by molar-refractivity contribution is 1.31. The van der Waals surface area contributed by atoms with Gasteiger partial charge in [0.25, 0.3) is 0 Å². The van der Waals surface area contributed by atoms with Crippen molar-refractivity contribution in [3.8, 4) is 0 Å². The molecule has 11 aromatic rings. The van der Waals surface area contributed by atoms with Crippen LogP contribution in [0.5, 0.6) is 0 Å². The highest BCUT2D eigenvalue weighted by Crippen LogP contribution is 2.52. The van der Waals surface area contributed by atoms with E-state index in [1.54, 1.807) is 0 Å². The summed E-state index contributed by atoms with van der Waals surface area (Å²) in [6.45, 7) is 0. The normalized spacial score (nSPS) is 11.6. The first kappa shape index (κ1) is 32.0. The molecule has 0 aliphatic heterocycles. The fraction of sp³-hybridized carbons (Fsp3) is 0. The first-order valence-electron chi connectivity index (χ1n) is 19.3. The van der Waals surface area contributed by atoms with Crippen LogP contribution in [-0.2, 0) is 0 Å². The van der Waals surface area contributed by atoms with Gasteiger partial charge >= 0.3 is 0 Å². The Balaban J connectivity index is 1.26. The number of hydrogen-bond acceptors (Lipinski definition) is 2. The molecule has 0 unspecified atom stereocenters. The van der Waals surface area contributed by atoms with E-state index >= 15 is 0 Å². The van der Waals surface area contributed by atoms with E-state index < -0.39 is 0 Å². The standard InChI is InChI=1S/C54H36N2/c1-4-18-41-34-44(31-28-37(41)14-1)55(45-32-29-38-15-2-5-19-42(38)35-45)53-48-23-9-11-25-50(48)54(51-26-12-10-24-49(51)53)56(46-33-30-39-16-3-6-20-43(39)36-46)52-27-13-21-40-17-7-8-22-47(40)52/h1-36H. The number of benzene rings is 11. The highest BCUT2D eigenvalue weighted by molar-refractivity contribution is 6.24. The Morgan fingerprint density at radius 3 is 0.982 bits per heavy atom. The van der Waals surface area contributed by atoms with Crippen molar-refractivity contribution in [2.45, 2.75) is 0 Å². The van der Waals surface area contributed by atoms with Crippen molar-refractivity contribution in [3.05, 3.63) is 218 Å². The van der Waals surface area contributed by atoms with Gasteiger partial charge in [-0.3, -0.25) is 0 Å². The molecule has 0 aliphatic rings. The molecule has 2 nitrogen and oxygen atoms in total. The highest BCUT2D eigenvalue weighted by Gasteiger charge is 2.26. The number of fused-ring (bicyclic) bond motifs is 6. The summed E-state index contributed by atoms with van der Waals surface area (Å²) in [6.07, 6.45) is 0. The minimum Gasteiger partial charge on any atom is -0.309 e. The monoisotopic (exact) mass is 712 g/mol. The van der Waals surface area contributed by atoms with E-state index in [1.165, 1.54) is 64.6 Å². The van der Waals surface area contributed by atoms with E-state index in [-0.39, 0.29) is 0 Å². The Bertz CT molecular complexity index is 3150. The summed E-state index contributed by atoms with van der Waals surface area (Å²) >= 11 is 0. The van der Waals surface area contributed by atoms with Crippen molar-refractivity contribution in [1.82, 2.24) is 0 Å². The number of rotatable bonds is 6. The number of hydrogen-bond donors (Lipinski definition) is 0. The maximum Gasteiger partial charge on any atom is 0.0620 e. The molecule has 0 amide bonds. The predicted octanol–water partition coefficient (Wildman–Crippen LogP) is 15.5. The van der Waals surface area contributed by atoms with E-state index in [0.29, 0.717) is 0 Å². The number of nitrogens with zero attached hydrogens (tertiary/aromatic N) is 2. The molecule has 0 heterocycles. The molecule has 0 spiro atoms. The second kappa shape index (κ2) is 13.2. The average molecular weight is 713 g/mol. The van der Waals surface area contributed by atoms with Gasteiger partial charge in [0.05, 0.1) is 17.1 Å². The Kier molecular flexibility index (Phi) is 7.53. The van der Waals surface area contributed by atoms with Crippen LogP contribution in [0.1, 0.15) is 0 Å². The first-order valence-corrected chi connectivity index (χ1v) is 19.3. The molecule has 0 saturated heterocycles. The molecular weight excluding hydrogens is 677 g/mol. The minimum absolute atomic E-state index is 1.11. The van der Waals surface area contributed by atoms with Gasteiger partial charge in [-0.15, -0.1) is 0 Å². The average Bonchev–Trinajstić information content (AvgIpc) is 3.27. The lowest BCUT2D eigenvalue weighted by Gasteiger charge is -2.33. The maximum absolute atomic E-state index is 2.50. The SMILES string of the molecule is c1ccc2cc(N(c3ccc4ccccc4c3)c3c4ccccc4c(N(c4ccc5ccccc5c4)c4cccc5ccccc45)c4ccccc34)ccc2c1. The maximum atomic E-state index is 2.50. The van der Waals surface area contributed by atoms with Crippen molar-refractivity contribution >= 4 is 98.8 Å². The van der Waals surface area contributed by atoms with Crippen molar-refractivity contribution in [2.24, 2.45) is 0 Å². The van der Waals surface area contributed by atoms with Crippen molar-refractivity contribution in [1.29, 1.82) is 0 Å². The summed E-state index contributed by atoms with van der Waals surface area (Å²) < 4.78 is 0. The summed E-state index contributed by atoms with van der Waals surface area (Å²) in [7, 11) is 0. The lowest BCUT2D eigenvalue weighted by atomic mass is 9.94. The van der Waals surface area contributed by atoms with Gasteiger partial charge in [0.1, 0.15) is 0 Å². The number of anilines is 6. The van der Waals surface area contributed by atoms with Crippen molar-refractivity contribution in [2.75, 3.05) is 9.80 Å². The third-order valence-corrected chi connectivity index (χ3v) is 11.3. The molecule has 0 atom stereocenters. The molecule has 0 saturated carbocycles. The van der Waals surface area contributed by atoms with Crippen LogP contribution in [0.25, 0.3) is 64.6 Å². The van der Waals surface area contributed by atoms with Crippen LogP contribution in [0.15, 0.2) is 218 Å². The largest absolute Gasteiger partial charge is 0.309 e. The van der Waals surface area contributed by atoms with Gasteiger partial charge in [-0.05, 0) is 80.2 Å². The van der Waals surface area contributed by atoms with Crippen LogP contribution in [0.2, 0.25) is 0 Å². The molecule has 0 fully saturated rings. The first-order chi connectivity index (χ1) is 27.8. The lowest BCUT2D eigenvalue weighted by Crippen LogP contribution is -2.15. The van der Waals surface area contributed by atoms with E-state index in [2.05, 4.69) is 228 Å². The molecule has 0 N–H and O–H groups in total. The Hall–Kier alpha value is -7.42. The van der Waals surface area contributed by atoms with E-state index in [0.717, 1.165) is 34.1 Å². The topological polar surface area (TPSA) is 6.48 Å². The van der Waals surface area contributed by atoms with Gasteiger partial charge in [-0.25, -0.2) is 0 Å². The molecule has 262 valence electrons. The fourth-order valence-corrected chi connectivity index (χ4v) is 8.71. The van der Waals surface area contributed by atoms with Gasteiger partial charge in [0, 0.05) is 44.0 Å². The van der Waals surface area contributed by atoms with Crippen LogP contribution in [0.4, 0.5) is 34.1 Å². The van der Waals surface area contributed by atoms with E-state index in [9.17, 15) is 0 Å². The minimum atomic E-state index is 1.11. The van der Waals surface area contributed by atoms with Gasteiger partial charge < -0.3 is 9.80 Å². The zero-order valence-electron chi connectivity index (χ0n) is 30.7.